The summed E-state index contributed by atoms with van der Waals surface area (Å²) in [5.74, 6) is -1.48. The Balaban J connectivity index is 1.35. The van der Waals surface area contributed by atoms with Crippen molar-refractivity contribution in [3.8, 4) is 0 Å². The Morgan fingerprint density at radius 1 is 1.08 bits per heavy atom. The Morgan fingerprint density at radius 3 is 2.55 bits per heavy atom. The van der Waals surface area contributed by atoms with Crippen molar-refractivity contribution in [3.63, 3.8) is 0 Å². The molecule has 1 fully saturated rings. The number of halogens is 1. The number of nitrogens with one attached hydrogen (secondary N) is 1. The smallest absolute Gasteiger partial charge is 0.311 e. The minimum absolute atomic E-state index is 0.169. The van der Waals surface area contributed by atoms with Crippen LogP contribution in [0.25, 0.3) is 10.8 Å². The lowest BCUT2D eigenvalue weighted by Gasteiger charge is -2.37. The number of carbonyl (C=O) groups excluding carboxylic acids is 2. The Hall–Kier alpha value is -3.79. The lowest BCUT2D eigenvalue weighted by Crippen LogP contribution is -2.47. The molecule has 1 N–H and O–H groups in total. The van der Waals surface area contributed by atoms with Gasteiger partial charge in [0.2, 0.25) is 5.91 Å². The van der Waals surface area contributed by atoms with Gasteiger partial charge in [0.15, 0.2) is 0 Å². The number of piperazine rings is 1. The van der Waals surface area contributed by atoms with Gasteiger partial charge in [0.05, 0.1) is 24.1 Å². The van der Waals surface area contributed by atoms with Crippen LogP contribution in [-0.2, 0) is 27.4 Å². The molecule has 3 aromatic rings. The number of rotatable bonds is 9. The van der Waals surface area contributed by atoms with E-state index in [1.54, 1.807) is 13.0 Å². The molecule has 1 aliphatic heterocycles. The van der Waals surface area contributed by atoms with Crippen molar-refractivity contribution in [2.45, 2.75) is 40.3 Å². The second-order valence-electron chi connectivity index (χ2n) is 9.45. The summed E-state index contributed by atoms with van der Waals surface area (Å²) in [6.07, 6.45) is 0.0475. The largest absolute Gasteiger partial charge is 0.466 e. The van der Waals surface area contributed by atoms with Crippen molar-refractivity contribution in [1.29, 1.82) is 0 Å². The number of fused-ring (bicyclic) bond motifs is 1. The number of aryl methyl sites for hydroxylation is 1. The summed E-state index contributed by atoms with van der Waals surface area (Å²) < 4.78 is 20.5. The zero-order valence-electron chi connectivity index (χ0n) is 22.1. The summed E-state index contributed by atoms with van der Waals surface area (Å²) in [5.41, 5.74) is 3.37. The van der Waals surface area contributed by atoms with E-state index >= 15 is 0 Å². The Kier molecular flexibility index (Phi) is 8.73. The zero-order valence-corrected chi connectivity index (χ0v) is 22.1. The van der Waals surface area contributed by atoms with E-state index in [1.165, 1.54) is 28.9 Å². The summed E-state index contributed by atoms with van der Waals surface area (Å²) in [6, 6.07) is 10.5. The number of esters is 1. The van der Waals surface area contributed by atoms with E-state index in [-0.39, 0.29) is 48.5 Å². The zero-order chi connectivity index (χ0) is 27.2. The predicted octanol–water partition coefficient (Wildman–Crippen LogP) is 2.54. The van der Waals surface area contributed by atoms with E-state index < -0.39 is 17.3 Å². The standard InChI is InChI=1S/C28H34FN5O4/c1-4-38-26(36)17-23-21-8-6-9-22(29)27(21)28(37)34(31-23)18-30-25(35)11-12-32-13-15-33(16-14-32)24-10-5-7-19(2)20(24)3/h5-10H,4,11-18H2,1-3H3,(H,30,35). The van der Waals surface area contributed by atoms with Crippen LogP contribution in [0.2, 0.25) is 0 Å². The summed E-state index contributed by atoms with van der Waals surface area (Å²) in [4.78, 5) is 42.2. The number of carbonyl (C=O) groups is 2. The molecule has 2 aromatic carbocycles. The van der Waals surface area contributed by atoms with Gasteiger partial charge in [0.25, 0.3) is 5.56 Å². The minimum Gasteiger partial charge on any atom is -0.466 e. The number of aromatic nitrogens is 2. The second kappa shape index (κ2) is 12.2. The van der Waals surface area contributed by atoms with Crippen LogP contribution in [0.1, 0.15) is 30.2 Å². The van der Waals surface area contributed by atoms with Gasteiger partial charge in [0, 0.05) is 50.2 Å². The van der Waals surface area contributed by atoms with Gasteiger partial charge in [-0.15, -0.1) is 0 Å². The normalized spacial score (nSPS) is 14.1. The van der Waals surface area contributed by atoms with Gasteiger partial charge in [0.1, 0.15) is 12.5 Å². The number of nitrogens with zero attached hydrogens (tertiary/aromatic N) is 4. The molecule has 1 aromatic heterocycles. The third-order valence-electron chi connectivity index (χ3n) is 7.00. The van der Waals surface area contributed by atoms with Crippen LogP contribution in [0.15, 0.2) is 41.2 Å². The molecule has 1 saturated heterocycles. The maximum absolute atomic E-state index is 14.5. The van der Waals surface area contributed by atoms with E-state index in [1.807, 2.05) is 0 Å². The first-order valence-corrected chi connectivity index (χ1v) is 12.9. The van der Waals surface area contributed by atoms with Gasteiger partial charge in [-0.05, 0) is 44.0 Å². The molecular formula is C28H34FN5O4. The molecule has 9 nitrogen and oxygen atoms in total. The highest BCUT2D eigenvalue weighted by Crippen LogP contribution is 2.24. The van der Waals surface area contributed by atoms with E-state index in [2.05, 4.69) is 52.3 Å². The first kappa shape index (κ1) is 27.3. The molecule has 0 aliphatic carbocycles. The average Bonchev–Trinajstić information content (AvgIpc) is 2.90. The van der Waals surface area contributed by atoms with Crippen molar-refractivity contribution < 1.29 is 18.7 Å². The Labute approximate surface area is 221 Å². The van der Waals surface area contributed by atoms with E-state index in [0.717, 1.165) is 30.9 Å². The van der Waals surface area contributed by atoms with E-state index in [4.69, 9.17) is 4.74 Å². The van der Waals surface area contributed by atoms with Crippen LogP contribution in [0.4, 0.5) is 10.1 Å². The summed E-state index contributed by atoms with van der Waals surface area (Å²) in [5, 5.41) is 7.03. The molecular weight excluding hydrogens is 489 g/mol. The first-order valence-electron chi connectivity index (χ1n) is 12.9. The van der Waals surface area contributed by atoms with Crippen LogP contribution < -0.4 is 15.8 Å². The summed E-state index contributed by atoms with van der Waals surface area (Å²) in [6.45, 7) is 9.98. The van der Waals surface area contributed by atoms with Crippen LogP contribution in [-0.4, -0.2) is 65.9 Å². The highest BCUT2D eigenvalue weighted by Gasteiger charge is 2.20. The van der Waals surface area contributed by atoms with E-state index in [9.17, 15) is 18.8 Å². The summed E-state index contributed by atoms with van der Waals surface area (Å²) >= 11 is 0. The van der Waals surface area contributed by atoms with Crippen LogP contribution >= 0.6 is 0 Å². The molecule has 0 unspecified atom stereocenters. The van der Waals surface area contributed by atoms with Crippen molar-refractivity contribution >= 4 is 28.3 Å². The number of amides is 1. The Bertz CT molecular complexity index is 1380. The monoisotopic (exact) mass is 523 g/mol. The fourth-order valence-electron chi connectivity index (χ4n) is 4.74. The average molecular weight is 524 g/mol. The molecule has 1 aliphatic rings. The highest BCUT2D eigenvalue weighted by molar-refractivity contribution is 5.87. The van der Waals surface area contributed by atoms with Crippen molar-refractivity contribution in [1.82, 2.24) is 20.0 Å². The number of anilines is 1. The van der Waals surface area contributed by atoms with Crippen LogP contribution in [0.5, 0.6) is 0 Å². The molecule has 202 valence electrons. The molecule has 0 atom stereocenters. The van der Waals surface area contributed by atoms with Gasteiger partial charge >= 0.3 is 5.97 Å². The summed E-state index contributed by atoms with van der Waals surface area (Å²) in [7, 11) is 0. The van der Waals surface area contributed by atoms with Crippen LogP contribution in [0.3, 0.4) is 0 Å². The molecule has 0 spiro atoms. The predicted molar refractivity (Wildman–Crippen MR) is 144 cm³/mol. The topological polar surface area (TPSA) is 96.8 Å². The number of ether oxygens (including phenoxy) is 1. The molecule has 4 rings (SSSR count). The maximum Gasteiger partial charge on any atom is 0.311 e. The lowest BCUT2D eigenvalue weighted by atomic mass is 10.1. The fraction of sp³-hybridized carbons (Fsp3) is 0.429. The second-order valence-corrected chi connectivity index (χ2v) is 9.45. The SMILES string of the molecule is CCOC(=O)Cc1nn(CNC(=O)CCN2CCN(c3cccc(C)c3C)CC2)c(=O)c2c(F)cccc12. The van der Waals surface area contributed by atoms with Gasteiger partial charge in [-0.25, -0.2) is 9.07 Å². The molecule has 1 amide bonds. The maximum atomic E-state index is 14.5. The minimum atomic E-state index is -0.708. The third kappa shape index (κ3) is 6.19. The Morgan fingerprint density at radius 2 is 1.82 bits per heavy atom. The van der Waals surface area contributed by atoms with Gasteiger partial charge in [-0.1, -0.05) is 24.3 Å². The lowest BCUT2D eigenvalue weighted by molar-refractivity contribution is -0.142. The number of hydrogen-bond acceptors (Lipinski definition) is 7. The van der Waals surface area contributed by atoms with Gasteiger partial charge < -0.3 is 15.0 Å². The quantitative estimate of drug-likeness (QED) is 0.431. The molecule has 0 bridgehead atoms. The van der Waals surface area contributed by atoms with Gasteiger partial charge in [-0.3, -0.25) is 19.3 Å². The van der Waals surface area contributed by atoms with Gasteiger partial charge in [-0.2, -0.15) is 5.10 Å². The molecule has 2 heterocycles. The highest BCUT2D eigenvalue weighted by atomic mass is 19.1. The molecule has 38 heavy (non-hydrogen) atoms. The third-order valence-corrected chi connectivity index (χ3v) is 7.00. The number of hydrogen-bond donors (Lipinski definition) is 1. The van der Waals surface area contributed by atoms with Crippen molar-refractivity contribution in [2.24, 2.45) is 0 Å². The number of benzene rings is 2. The van der Waals surface area contributed by atoms with E-state index in [0.29, 0.717) is 6.54 Å². The molecule has 10 heteroatoms. The van der Waals surface area contributed by atoms with Crippen molar-refractivity contribution in [2.75, 3.05) is 44.2 Å². The van der Waals surface area contributed by atoms with Crippen molar-refractivity contribution in [3.05, 3.63) is 69.4 Å². The fourth-order valence-corrected chi connectivity index (χ4v) is 4.74. The molecule has 0 saturated carbocycles. The van der Waals surface area contributed by atoms with Crippen LogP contribution in [0, 0.1) is 19.7 Å². The molecule has 0 radical (unpaired) electrons. The first-order chi connectivity index (χ1) is 18.3.